The minimum atomic E-state index is -5.73. The first-order chi connectivity index (χ1) is 14.2. The third-order valence-electron chi connectivity index (χ3n) is 3.50. The molecule has 0 bridgehead atoms. The average Bonchev–Trinajstić information content (AvgIpc) is 2.86. The fourth-order valence-electron chi connectivity index (χ4n) is 2.28. The summed E-state index contributed by atoms with van der Waals surface area (Å²) in [6, 6.07) is 1.20. The highest BCUT2D eigenvalue weighted by Gasteiger charge is 2.47. The molecule has 178 valence electrons. The van der Waals surface area contributed by atoms with Gasteiger partial charge in [0.05, 0.1) is 6.61 Å². The first-order valence-electron chi connectivity index (χ1n) is 7.83. The Labute approximate surface area is 172 Å². The molecule has 2 rings (SSSR count). The zero-order valence-electron chi connectivity index (χ0n) is 15.0. The van der Waals surface area contributed by atoms with Crippen LogP contribution >= 0.6 is 23.5 Å². The summed E-state index contributed by atoms with van der Waals surface area (Å²) in [6.45, 7) is -2.42. The lowest BCUT2D eigenvalue weighted by molar-refractivity contribution is -0.0541. The smallest absolute Gasteiger partial charge is 0.387 e. The van der Waals surface area contributed by atoms with Crippen molar-refractivity contribution in [3.05, 3.63) is 22.7 Å². The van der Waals surface area contributed by atoms with Gasteiger partial charge in [-0.15, -0.1) is 0 Å². The summed E-state index contributed by atoms with van der Waals surface area (Å²) in [4.78, 5) is 43.0. The molecule has 0 aromatic carbocycles. The largest absolute Gasteiger partial charge is 0.490 e. The number of hydrogen-bond donors (Lipinski definition) is 7. The van der Waals surface area contributed by atoms with Gasteiger partial charge in [-0.3, -0.25) is 13.6 Å². The quantitative estimate of drug-likeness (QED) is 0.129. The van der Waals surface area contributed by atoms with Crippen molar-refractivity contribution in [2.24, 2.45) is 0 Å². The summed E-state index contributed by atoms with van der Waals surface area (Å²) in [5, 5.41) is 28.4. The van der Waals surface area contributed by atoms with E-state index in [0.29, 0.717) is 0 Å². The minimum Gasteiger partial charge on any atom is -0.387 e. The number of phosphoric ester groups is 2. The molecule has 1 aliphatic heterocycles. The Morgan fingerprint density at radius 2 is 1.65 bits per heavy atom. The molecule has 0 amide bonds. The van der Waals surface area contributed by atoms with Crippen LogP contribution in [-0.4, -0.2) is 71.3 Å². The van der Waals surface area contributed by atoms with Gasteiger partial charge in [0.1, 0.15) is 24.1 Å². The number of aromatic nitrogens is 2. The van der Waals surface area contributed by atoms with E-state index in [0.717, 1.165) is 10.8 Å². The Bertz CT molecular complexity index is 985. The van der Waals surface area contributed by atoms with Gasteiger partial charge in [-0.05, 0) is 6.07 Å². The average molecular weight is 513 g/mol. The van der Waals surface area contributed by atoms with Crippen LogP contribution in [0.3, 0.4) is 0 Å². The summed E-state index contributed by atoms with van der Waals surface area (Å²) in [7, 11) is -16.5. The van der Waals surface area contributed by atoms with Crippen LogP contribution in [0.1, 0.15) is 6.23 Å². The van der Waals surface area contributed by atoms with Crippen molar-refractivity contribution < 1.29 is 66.1 Å². The van der Waals surface area contributed by atoms with Crippen LogP contribution in [0.15, 0.2) is 17.1 Å². The molecule has 7 atom stereocenters. The van der Waals surface area contributed by atoms with Gasteiger partial charge in [0, 0.05) is 6.20 Å². The van der Waals surface area contributed by atoms with Crippen LogP contribution in [0, 0.1) is 0 Å². The molecule has 8 N–H and O–H groups in total. The van der Waals surface area contributed by atoms with E-state index in [1.165, 1.54) is 6.07 Å². The molecular formula is C10H18N3O15P3. The number of aliphatic hydroxyl groups excluding tert-OH is 3. The van der Waals surface area contributed by atoms with Crippen LogP contribution in [-0.2, 0) is 36.1 Å². The molecular weight excluding hydrogens is 495 g/mol. The first kappa shape index (κ1) is 26.2. The van der Waals surface area contributed by atoms with Gasteiger partial charge >= 0.3 is 29.2 Å². The van der Waals surface area contributed by atoms with Crippen molar-refractivity contribution >= 4 is 29.3 Å². The SMILES string of the molecule is Nc1ccn([C@@H]2O[C@H](COP(=O)(O)OP(=O)(O)OP(=O)(O)OCO)[C@@H](O)[C@H]2O)c(=O)n1. The molecule has 0 spiro atoms. The topological polar surface area (TPSA) is 280 Å². The van der Waals surface area contributed by atoms with E-state index in [4.69, 9.17) is 20.5 Å². The van der Waals surface area contributed by atoms with Gasteiger partial charge in [0.15, 0.2) is 13.0 Å². The Morgan fingerprint density at radius 3 is 2.19 bits per heavy atom. The Balaban J connectivity index is 2.03. The lowest BCUT2D eigenvalue weighted by atomic mass is 10.1. The first-order valence-corrected chi connectivity index (χ1v) is 12.3. The molecule has 2 heterocycles. The van der Waals surface area contributed by atoms with Crippen LogP contribution in [0.25, 0.3) is 0 Å². The lowest BCUT2D eigenvalue weighted by Crippen LogP contribution is -2.36. The second kappa shape index (κ2) is 9.82. The maximum atomic E-state index is 11.8. The highest BCUT2D eigenvalue weighted by molar-refractivity contribution is 7.66. The van der Waals surface area contributed by atoms with E-state index in [1.54, 1.807) is 0 Å². The van der Waals surface area contributed by atoms with Crippen LogP contribution in [0.2, 0.25) is 0 Å². The molecule has 1 aliphatic rings. The number of nitrogen functional groups attached to an aromatic ring is 1. The number of aliphatic hydroxyl groups is 3. The van der Waals surface area contributed by atoms with E-state index in [1.807, 2.05) is 0 Å². The molecule has 21 heteroatoms. The molecule has 31 heavy (non-hydrogen) atoms. The zero-order chi connectivity index (χ0) is 23.6. The standard InChI is InChI=1S/C10H18N3O15P3/c11-6-1-2-13(10(17)12-6)9-8(16)7(15)5(26-9)3-24-29(18,19)27-31(22,23)28-30(20,21)25-4-14/h1-2,5,7-9,14-16H,3-4H2,(H,18,19)(H,20,21)(H,22,23)(H2,11,12,17)/t5-,7-,8-,9-/m1/s1. The van der Waals surface area contributed by atoms with Gasteiger partial charge in [-0.25, -0.2) is 18.5 Å². The third-order valence-corrected chi connectivity index (χ3v) is 7.72. The third kappa shape index (κ3) is 7.21. The number of rotatable bonds is 10. The van der Waals surface area contributed by atoms with Crippen molar-refractivity contribution in [2.75, 3.05) is 19.1 Å². The number of phosphoric acid groups is 3. The maximum absolute atomic E-state index is 11.8. The zero-order valence-corrected chi connectivity index (χ0v) is 17.7. The van der Waals surface area contributed by atoms with Crippen LogP contribution < -0.4 is 11.4 Å². The normalized spacial score (nSPS) is 29.7. The minimum absolute atomic E-state index is 0.125. The van der Waals surface area contributed by atoms with Gasteiger partial charge in [-0.1, -0.05) is 0 Å². The predicted molar refractivity (Wildman–Crippen MR) is 94.6 cm³/mol. The summed E-state index contributed by atoms with van der Waals surface area (Å²) in [5.41, 5.74) is 4.40. The number of anilines is 1. The van der Waals surface area contributed by atoms with Crippen LogP contribution in [0.5, 0.6) is 0 Å². The van der Waals surface area contributed by atoms with Crippen LogP contribution in [0.4, 0.5) is 5.82 Å². The number of nitrogens with zero attached hydrogens (tertiary/aromatic N) is 2. The van der Waals surface area contributed by atoms with Gasteiger partial charge in [0.2, 0.25) is 0 Å². The number of nitrogens with two attached hydrogens (primary N) is 1. The predicted octanol–water partition coefficient (Wildman–Crippen LogP) is -2.24. The van der Waals surface area contributed by atoms with E-state index in [-0.39, 0.29) is 5.82 Å². The molecule has 18 nitrogen and oxygen atoms in total. The van der Waals surface area contributed by atoms with E-state index < -0.39 is 67.1 Å². The van der Waals surface area contributed by atoms with Gasteiger partial charge in [-0.2, -0.15) is 13.6 Å². The highest BCUT2D eigenvalue weighted by Crippen LogP contribution is 2.67. The molecule has 1 saturated heterocycles. The number of hydrogen-bond acceptors (Lipinski definition) is 14. The summed E-state index contributed by atoms with van der Waals surface area (Å²) < 4.78 is 56.1. The second-order valence-electron chi connectivity index (χ2n) is 5.71. The fourth-order valence-corrected chi connectivity index (χ4v) is 5.61. The van der Waals surface area contributed by atoms with Crippen molar-refractivity contribution in [3.63, 3.8) is 0 Å². The van der Waals surface area contributed by atoms with Crippen molar-refractivity contribution in [1.29, 1.82) is 0 Å². The Morgan fingerprint density at radius 1 is 1.06 bits per heavy atom. The molecule has 1 aromatic heterocycles. The van der Waals surface area contributed by atoms with Gasteiger partial charge in [0.25, 0.3) is 0 Å². The number of ether oxygens (including phenoxy) is 1. The van der Waals surface area contributed by atoms with Crippen molar-refractivity contribution in [2.45, 2.75) is 24.5 Å². The van der Waals surface area contributed by atoms with E-state index >= 15 is 0 Å². The lowest BCUT2D eigenvalue weighted by Gasteiger charge is -2.19. The van der Waals surface area contributed by atoms with Gasteiger partial charge < -0.3 is 40.5 Å². The fraction of sp³-hybridized carbons (Fsp3) is 0.600. The van der Waals surface area contributed by atoms with E-state index in [9.17, 15) is 38.5 Å². The molecule has 1 aromatic rings. The molecule has 3 unspecified atom stereocenters. The molecule has 0 saturated carbocycles. The highest BCUT2D eigenvalue weighted by atomic mass is 31.3. The summed E-state index contributed by atoms with van der Waals surface area (Å²) in [6.07, 6.45) is -5.42. The van der Waals surface area contributed by atoms with E-state index in [2.05, 4.69) is 22.7 Å². The van der Waals surface area contributed by atoms with Crippen molar-refractivity contribution in [3.8, 4) is 0 Å². The summed E-state index contributed by atoms with van der Waals surface area (Å²) >= 11 is 0. The Kier molecular flexibility index (Phi) is 8.30. The second-order valence-corrected chi connectivity index (χ2v) is 10.3. The van der Waals surface area contributed by atoms with Crippen molar-refractivity contribution in [1.82, 2.24) is 9.55 Å². The monoisotopic (exact) mass is 513 g/mol. The maximum Gasteiger partial charge on any atom is 0.490 e. The molecule has 1 fully saturated rings. The Hall–Kier alpha value is -1.07. The molecule has 0 radical (unpaired) electrons. The molecule has 0 aliphatic carbocycles. The summed E-state index contributed by atoms with van der Waals surface area (Å²) in [5.74, 6) is -0.125.